The molecular formula is C17H21N7O. The molecule has 0 saturated carbocycles. The highest BCUT2D eigenvalue weighted by Crippen LogP contribution is 2.32. The molecule has 0 unspecified atom stereocenters. The van der Waals surface area contributed by atoms with Gasteiger partial charge in [-0.15, -0.1) is 5.10 Å². The molecule has 8 nitrogen and oxygen atoms in total. The second kappa shape index (κ2) is 7.12. The normalized spacial score (nSPS) is 21.0. The van der Waals surface area contributed by atoms with Crippen LogP contribution in [0.5, 0.6) is 0 Å². The molecule has 4 rings (SSSR count). The van der Waals surface area contributed by atoms with Crippen LogP contribution in [0.1, 0.15) is 29.5 Å². The van der Waals surface area contributed by atoms with Crippen LogP contribution in [0.25, 0.3) is 0 Å². The minimum absolute atomic E-state index is 0.209. The number of hydrogen-bond acceptors (Lipinski definition) is 6. The fourth-order valence-electron chi connectivity index (χ4n) is 3.33. The number of hydrogen-bond donors (Lipinski definition) is 1. The van der Waals surface area contributed by atoms with Gasteiger partial charge in [-0.3, -0.25) is 9.88 Å². The van der Waals surface area contributed by atoms with E-state index in [0.29, 0.717) is 6.54 Å². The van der Waals surface area contributed by atoms with E-state index in [1.807, 2.05) is 35.4 Å². The summed E-state index contributed by atoms with van der Waals surface area (Å²) in [4.78, 5) is 14.1. The number of nitrogens with one attached hydrogen (secondary N) is 1. The Kier molecular flexibility index (Phi) is 4.53. The molecule has 0 bridgehead atoms. The summed E-state index contributed by atoms with van der Waals surface area (Å²) in [7, 11) is 1.76. The zero-order valence-electron chi connectivity index (χ0n) is 14.1. The van der Waals surface area contributed by atoms with Crippen LogP contribution in [0, 0.1) is 0 Å². The number of imidazole rings is 1. The molecule has 2 atom stereocenters. The molecule has 1 saturated heterocycles. The van der Waals surface area contributed by atoms with Gasteiger partial charge in [-0.05, 0) is 18.1 Å². The molecule has 8 heteroatoms. The maximum absolute atomic E-state index is 5.56. The monoisotopic (exact) mass is 339 g/mol. The van der Waals surface area contributed by atoms with Gasteiger partial charge in [0.05, 0.1) is 30.6 Å². The van der Waals surface area contributed by atoms with Crippen LogP contribution >= 0.6 is 0 Å². The van der Waals surface area contributed by atoms with Crippen molar-refractivity contribution in [2.45, 2.75) is 31.7 Å². The van der Waals surface area contributed by atoms with Gasteiger partial charge in [0.15, 0.2) is 0 Å². The minimum Gasteiger partial charge on any atom is -0.380 e. The van der Waals surface area contributed by atoms with Gasteiger partial charge in [-0.25, -0.2) is 9.67 Å². The van der Waals surface area contributed by atoms with Crippen molar-refractivity contribution in [2.75, 3.05) is 13.7 Å². The van der Waals surface area contributed by atoms with Crippen molar-refractivity contribution in [2.24, 2.45) is 0 Å². The molecule has 1 fully saturated rings. The van der Waals surface area contributed by atoms with Crippen LogP contribution in [-0.2, 0) is 17.8 Å². The number of methoxy groups -OCH3 is 1. The fraction of sp³-hybridized carbons (Fsp3) is 0.412. The zero-order chi connectivity index (χ0) is 17.1. The lowest BCUT2D eigenvalue weighted by Crippen LogP contribution is -2.25. The highest BCUT2D eigenvalue weighted by molar-refractivity contribution is 5.09. The van der Waals surface area contributed by atoms with Crippen molar-refractivity contribution in [1.29, 1.82) is 0 Å². The summed E-state index contributed by atoms with van der Waals surface area (Å²) >= 11 is 0. The van der Waals surface area contributed by atoms with Gasteiger partial charge < -0.3 is 9.72 Å². The number of ether oxygens (including phenoxy) is 1. The van der Waals surface area contributed by atoms with Crippen molar-refractivity contribution in [3.63, 3.8) is 0 Å². The van der Waals surface area contributed by atoms with Crippen LogP contribution in [0.4, 0.5) is 0 Å². The SMILES string of the molecule is CO[C@@H]1C[C@@H](c2ncc[nH]2)N(Cc2cn(Cc3cccnc3)nn2)C1. The standard InChI is InChI=1S/C17H21N7O/c1-25-15-7-16(17-19-5-6-20-17)23(12-15)10-14-11-24(22-21-14)9-13-3-2-4-18-8-13/h2-6,8,11,15-16H,7,9-10,12H2,1H3,(H,19,20)/t15-,16+/m1/s1. The predicted molar refractivity (Wildman–Crippen MR) is 90.5 cm³/mol. The Labute approximate surface area is 145 Å². The van der Waals surface area contributed by atoms with E-state index in [1.54, 1.807) is 19.5 Å². The van der Waals surface area contributed by atoms with Gasteiger partial charge in [0, 0.05) is 45.0 Å². The van der Waals surface area contributed by atoms with Gasteiger partial charge in [-0.2, -0.15) is 0 Å². The average molecular weight is 339 g/mol. The Bertz CT molecular complexity index is 786. The lowest BCUT2D eigenvalue weighted by molar-refractivity contribution is 0.107. The summed E-state index contributed by atoms with van der Waals surface area (Å²) in [6, 6.07) is 4.17. The van der Waals surface area contributed by atoms with Crippen LogP contribution in [0.15, 0.2) is 43.1 Å². The number of aromatic amines is 1. The number of H-pyrrole nitrogens is 1. The van der Waals surface area contributed by atoms with Crippen molar-refractivity contribution in [3.8, 4) is 0 Å². The Morgan fingerprint density at radius 2 is 2.28 bits per heavy atom. The smallest absolute Gasteiger partial charge is 0.123 e. The fourth-order valence-corrected chi connectivity index (χ4v) is 3.33. The largest absolute Gasteiger partial charge is 0.380 e. The van der Waals surface area contributed by atoms with E-state index in [2.05, 4.69) is 30.2 Å². The van der Waals surface area contributed by atoms with Gasteiger partial charge in [-0.1, -0.05) is 11.3 Å². The van der Waals surface area contributed by atoms with Gasteiger partial charge in [0.1, 0.15) is 5.82 Å². The maximum Gasteiger partial charge on any atom is 0.123 e. The van der Waals surface area contributed by atoms with Crippen LogP contribution in [0.3, 0.4) is 0 Å². The molecule has 1 aliphatic rings. The third-order valence-corrected chi connectivity index (χ3v) is 4.55. The molecule has 4 heterocycles. The van der Waals surface area contributed by atoms with E-state index in [1.165, 1.54) is 0 Å². The van der Waals surface area contributed by atoms with E-state index >= 15 is 0 Å². The molecule has 1 aliphatic heterocycles. The molecule has 0 aliphatic carbocycles. The first kappa shape index (κ1) is 15.9. The van der Waals surface area contributed by atoms with E-state index in [0.717, 1.165) is 36.6 Å². The van der Waals surface area contributed by atoms with E-state index in [9.17, 15) is 0 Å². The summed E-state index contributed by atoms with van der Waals surface area (Å²) in [6.45, 7) is 2.25. The topological polar surface area (TPSA) is 84.8 Å². The van der Waals surface area contributed by atoms with Gasteiger partial charge >= 0.3 is 0 Å². The van der Waals surface area contributed by atoms with Crippen LogP contribution in [0.2, 0.25) is 0 Å². The second-order valence-corrected chi connectivity index (χ2v) is 6.28. The molecule has 3 aromatic heterocycles. The Morgan fingerprint density at radius 1 is 1.32 bits per heavy atom. The summed E-state index contributed by atoms with van der Waals surface area (Å²) < 4.78 is 7.41. The molecule has 130 valence electrons. The predicted octanol–water partition coefficient (Wildman–Crippen LogP) is 1.41. The summed E-state index contributed by atoms with van der Waals surface area (Å²) in [5, 5.41) is 8.56. The summed E-state index contributed by atoms with van der Waals surface area (Å²) in [6.07, 6.45) is 10.4. The first-order valence-electron chi connectivity index (χ1n) is 8.36. The summed E-state index contributed by atoms with van der Waals surface area (Å²) in [5.74, 6) is 0.974. The quantitative estimate of drug-likeness (QED) is 0.731. The maximum atomic E-state index is 5.56. The third-order valence-electron chi connectivity index (χ3n) is 4.55. The molecule has 0 amide bonds. The highest BCUT2D eigenvalue weighted by Gasteiger charge is 2.35. The molecule has 0 aromatic carbocycles. The van der Waals surface area contributed by atoms with Crippen LogP contribution in [-0.4, -0.2) is 54.6 Å². The van der Waals surface area contributed by atoms with E-state index in [-0.39, 0.29) is 12.1 Å². The zero-order valence-corrected chi connectivity index (χ0v) is 14.1. The molecule has 25 heavy (non-hydrogen) atoms. The molecule has 0 radical (unpaired) electrons. The molecule has 1 N–H and O–H groups in total. The molecular weight excluding hydrogens is 318 g/mol. The highest BCUT2D eigenvalue weighted by atomic mass is 16.5. The second-order valence-electron chi connectivity index (χ2n) is 6.28. The lowest BCUT2D eigenvalue weighted by Gasteiger charge is -2.21. The molecule has 3 aromatic rings. The Hall–Kier alpha value is -2.58. The Morgan fingerprint density at radius 3 is 3.04 bits per heavy atom. The number of aromatic nitrogens is 6. The minimum atomic E-state index is 0.209. The number of nitrogens with zero attached hydrogens (tertiary/aromatic N) is 6. The summed E-state index contributed by atoms with van der Waals surface area (Å²) in [5.41, 5.74) is 2.05. The van der Waals surface area contributed by atoms with Crippen molar-refractivity contribution >= 4 is 0 Å². The van der Waals surface area contributed by atoms with Crippen molar-refractivity contribution in [3.05, 3.63) is 60.2 Å². The first-order valence-corrected chi connectivity index (χ1v) is 8.36. The van der Waals surface area contributed by atoms with E-state index in [4.69, 9.17) is 4.74 Å². The third kappa shape index (κ3) is 3.59. The molecule has 0 spiro atoms. The number of likely N-dealkylation sites (tertiary alicyclic amines) is 1. The Balaban J connectivity index is 1.45. The number of pyridine rings is 1. The van der Waals surface area contributed by atoms with E-state index < -0.39 is 0 Å². The van der Waals surface area contributed by atoms with Crippen molar-refractivity contribution < 1.29 is 4.74 Å². The van der Waals surface area contributed by atoms with Gasteiger partial charge in [0.2, 0.25) is 0 Å². The van der Waals surface area contributed by atoms with Gasteiger partial charge in [0.25, 0.3) is 0 Å². The first-order chi connectivity index (χ1) is 12.3. The van der Waals surface area contributed by atoms with Crippen molar-refractivity contribution in [1.82, 2.24) is 34.8 Å². The average Bonchev–Trinajstić information content (AvgIpc) is 3.37. The number of rotatable bonds is 6. The van der Waals surface area contributed by atoms with Crippen LogP contribution < -0.4 is 0 Å². The lowest BCUT2D eigenvalue weighted by atomic mass is 10.2.